The third kappa shape index (κ3) is 3.78. The average molecular weight is 281 g/mol. The van der Waals surface area contributed by atoms with Gasteiger partial charge in [0.1, 0.15) is 5.84 Å². The Morgan fingerprint density at radius 3 is 2.70 bits per heavy atom. The largest absolute Gasteiger partial charge is 0.504 e. The molecule has 0 heterocycles. The first kappa shape index (κ1) is 15.6. The number of methoxy groups -OCH3 is 1. The van der Waals surface area contributed by atoms with Gasteiger partial charge in [-0.2, -0.15) is 0 Å². The predicted molar refractivity (Wildman–Crippen MR) is 74.3 cm³/mol. The van der Waals surface area contributed by atoms with Gasteiger partial charge < -0.3 is 25.7 Å². The normalized spacial score (nSPS) is 11.2. The fourth-order valence-corrected chi connectivity index (χ4v) is 1.71. The molecule has 0 fully saturated rings. The number of hydrogen-bond acceptors (Lipinski definition) is 5. The standard InChI is InChI=1S/C13H19N3O4/c1-3-16(7-6-12(14)15-19)13(18)9-4-5-11(20-2)10(17)8-9/h4-5,8,17,19H,3,6-7H2,1-2H3,(H2,14,15). The van der Waals surface area contributed by atoms with Gasteiger partial charge in [0.05, 0.1) is 7.11 Å². The van der Waals surface area contributed by atoms with Gasteiger partial charge in [0.25, 0.3) is 5.91 Å². The number of nitrogens with zero attached hydrogens (tertiary/aromatic N) is 2. The molecule has 7 heteroatoms. The molecule has 1 amide bonds. The van der Waals surface area contributed by atoms with Crippen LogP contribution < -0.4 is 10.5 Å². The number of oxime groups is 1. The minimum absolute atomic E-state index is 0.0637. The zero-order chi connectivity index (χ0) is 15.1. The van der Waals surface area contributed by atoms with Crippen molar-refractivity contribution in [1.29, 1.82) is 0 Å². The lowest BCUT2D eigenvalue weighted by Gasteiger charge is -2.20. The van der Waals surface area contributed by atoms with Crippen LogP contribution in [-0.2, 0) is 0 Å². The van der Waals surface area contributed by atoms with Crippen LogP contribution in [0.4, 0.5) is 0 Å². The van der Waals surface area contributed by atoms with Gasteiger partial charge in [0, 0.05) is 25.1 Å². The third-order valence-corrected chi connectivity index (χ3v) is 2.86. The summed E-state index contributed by atoms with van der Waals surface area (Å²) in [5, 5.41) is 21.0. The molecule has 0 aromatic heterocycles. The van der Waals surface area contributed by atoms with Gasteiger partial charge in [0.2, 0.25) is 0 Å². The molecular formula is C13H19N3O4. The molecule has 0 spiro atoms. The molecule has 1 rings (SSSR count). The number of benzene rings is 1. The van der Waals surface area contributed by atoms with Crippen LogP contribution in [0.25, 0.3) is 0 Å². The van der Waals surface area contributed by atoms with E-state index in [1.807, 2.05) is 6.92 Å². The van der Waals surface area contributed by atoms with Gasteiger partial charge in [-0.15, -0.1) is 0 Å². The van der Waals surface area contributed by atoms with E-state index in [2.05, 4.69) is 5.16 Å². The number of carbonyl (C=O) groups excluding carboxylic acids is 1. The molecule has 0 radical (unpaired) electrons. The summed E-state index contributed by atoms with van der Waals surface area (Å²) in [6, 6.07) is 4.46. The molecule has 4 N–H and O–H groups in total. The van der Waals surface area contributed by atoms with Crippen LogP contribution in [0.2, 0.25) is 0 Å². The highest BCUT2D eigenvalue weighted by Gasteiger charge is 2.16. The van der Waals surface area contributed by atoms with Crippen molar-refractivity contribution in [3.63, 3.8) is 0 Å². The number of aromatic hydroxyl groups is 1. The second kappa shape index (κ2) is 7.22. The summed E-state index contributed by atoms with van der Waals surface area (Å²) in [7, 11) is 1.44. The first-order chi connectivity index (χ1) is 9.53. The smallest absolute Gasteiger partial charge is 0.253 e. The Morgan fingerprint density at radius 1 is 1.50 bits per heavy atom. The second-order valence-electron chi connectivity index (χ2n) is 4.11. The maximum absolute atomic E-state index is 12.3. The van der Waals surface area contributed by atoms with E-state index in [0.717, 1.165) is 0 Å². The van der Waals surface area contributed by atoms with Gasteiger partial charge in [0.15, 0.2) is 11.5 Å². The molecule has 0 aliphatic heterocycles. The van der Waals surface area contributed by atoms with Crippen molar-refractivity contribution >= 4 is 11.7 Å². The van der Waals surface area contributed by atoms with E-state index in [4.69, 9.17) is 15.7 Å². The van der Waals surface area contributed by atoms with Crippen molar-refractivity contribution < 1.29 is 19.8 Å². The summed E-state index contributed by atoms with van der Waals surface area (Å²) in [5.74, 6) is 0.0390. The lowest BCUT2D eigenvalue weighted by Crippen LogP contribution is -2.33. The van der Waals surface area contributed by atoms with Crippen LogP contribution in [-0.4, -0.2) is 47.2 Å². The first-order valence-electron chi connectivity index (χ1n) is 6.16. The zero-order valence-electron chi connectivity index (χ0n) is 11.5. The maximum atomic E-state index is 12.3. The Morgan fingerprint density at radius 2 is 2.20 bits per heavy atom. The summed E-state index contributed by atoms with van der Waals surface area (Å²) in [4.78, 5) is 13.8. The number of carbonyl (C=O) groups is 1. The molecule has 0 bridgehead atoms. The highest BCUT2D eigenvalue weighted by molar-refractivity contribution is 5.95. The lowest BCUT2D eigenvalue weighted by molar-refractivity contribution is 0.0768. The van der Waals surface area contributed by atoms with Crippen molar-refractivity contribution in [1.82, 2.24) is 4.90 Å². The number of amides is 1. The van der Waals surface area contributed by atoms with E-state index in [9.17, 15) is 9.90 Å². The van der Waals surface area contributed by atoms with Crippen molar-refractivity contribution in [2.45, 2.75) is 13.3 Å². The number of phenols is 1. The number of amidine groups is 1. The molecule has 1 aromatic rings. The van der Waals surface area contributed by atoms with E-state index in [0.29, 0.717) is 24.4 Å². The number of phenolic OH excluding ortho intramolecular Hbond substituents is 1. The zero-order valence-corrected chi connectivity index (χ0v) is 11.5. The molecule has 0 unspecified atom stereocenters. The van der Waals surface area contributed by atoms with Crippen molar-refractivity contribution in [3.05, 3.63) is 23.8 Å². The fraction of sp³-hybridized carbons (Fsp3) is 0.385. The number of rotatable bonds is 6. The van der Waals surface area contributed by atoms with Crippen LogP contribution in [0.1, 0.15) is 23.7 Å². The Balaban J connectivity index is 2.83. The molecule has 1 aromatic carbocycles. The van der Waals surface area contributed by atoms with E-state index >= 15 is 0 Å². The van der Waals surface area contributed by atoms with Crippen molar-refractivity contribution in [2.75, 3.05) is 20.2 Å². The monoisotopic (exact) mass is 281 g/mol. The highest BCUT2D eigenvalue weighted by Crippen LogP contribution is 2.26. The molecule has 0 atom stereocenters. The molecule has 0 aliphatic rings. The van der Waals surface area contributed by atoms with E-state index in [1.54, 1.807) is 11.0 Å². The second-order valence-corrected chi connectivity index (χ2v) is 4.11. The molecular weight excluding hydrogens is 262 g/mol. The van der Waals surface area contributed by atoms with E-state index < -0.39 is 0 Å². The Kier molecular flexibility index (Phi) is 5.64. The fourth-order valence-electron chi connectivity index (χ4n) is 1.71. The molecule has 7 nitrogen and oxygen atoms in total. The van der Waals surface area contributed by atoms with Crippen molar-refractivity contribution in [3.8, 4) is 11.5 Å². The van der Waals surface area contributed by atoms with Gasteiger partial charge >= 0.3 is 0 Å². The maximum Gasteiger partial charge on any atom is 0.253 e. The molecule has 20 heavy (non-hydrogen) atoms. The molecule has 0 aliphatic carbocycles. The Labute approximate surface area is 117 Å². The summed E-state index contributed by atoms with van der Waals surface area (Å²) in [6.45, 7) is 2.63. The van der Waals surface area contributed by atoms with Crippen LogP contribution in [0.3, 0.4) is 0 Å². The number of nitrogens with two attached hydrogens (primary N) is 1. The summed E-state index contributed by atoms with van der Waals surface area (Å²) in [5.41, 5.74) is 5.73. The summed E-state index contributed by atoms with van der Waals surface area (Å²) < 4.78 is 4.93. The summed E-state index contributed by atoms with van der Waals surface area (Å²) >= 11 is 0. The van der Waals surface area contributed by atoms with Crippen LogP contribution >= 0.6 is 0 Å². The lowest BCUT2D eigenvalue weighted by atomic mass is 10.1. The average Bonchev–Trinajstić information content (AvgIpc) is 2.47. The number of ether oxygens (including phenoxy) is 1. The van der Waals surface area contributed by atoms with Gasteiger partial charge in [-0.1, -0.05) is 5.16 Å². The minimum atomic E-state index is -0.240. The molecule has 0 saturated heterocycles. The highest BCUT2D eigenvalue weighted by atomic mass is 16.5. The van der Waals surface area contributed by atoms with Gasteiger partial charge in [-0.05, 0) is 25.1 Å². The van der Waals surface area contributed by atoms with Crippen molar-refractivity contribution in [2.24, 2.45) is 10.9 Å². The van der Waals surface area contributed by atoms with Gasteiger partial charge in [-0.25, -0.2) is 0 Å². The van der Waals surface area contributed by atoms with Crippen LogP contribution in [0.5, 0.6) is 11.5 Å². The SMILES string of the molecule is CCN(CCC(N)=NO)C(=O)c1ccc(OC)c(O)c1. The molecule has 0 saturated carbocycles. The predicted octanol–water partition coefficient (Wildman–Crippen LogP) is 0.999. The third-order valence-electron chi connectivity index (χ3n) is 2.86. The first-order valence-corrected chi connectivity index (χ1v) is 6.16. The quantitative estimate of drug-likeness (QED) is 0.312. The van der Waals surface area contributed by atoms with Crippen LogP contribution in [0.15, 0.2) is 23.4 Å². The number of hydrogen-bond donors (Lipinski definition) is 3. The van der Waals surface area contributed by atoms with E-state index in [1.165, 1.54) is 19.2 Å². The topological polar surface area (TPSA) is 108 Å². The minimum Gasteiger partial charge on any atom is -0.504 e. The van der Waals surface area contributed by atoms with E-state index in [-0.39, 0.29) is 23.9 Å². The Bertz CT molecular complexity index is 502. The summed E-state index contributed by atoms with van der Waals surface area (Å²) in [6.07, 6.45) is 0.276. The molecule has 110 valence electrons. The van der Waals surface area contributed by atoms with Crippen LogP contribution in [0, 0.1) is 0 Å². The van der Waals surface area contributed by atoms with Gasteiger partial charge in [-0.3, -0.25) is 4.79 Å². The Hall–Kier alpha value is -2.44.